The lowest BCUT2D eigenvalue weighted by Gasteiger charge is -2.32. The molecule has 0 aliphatic carbocycles. The van der Waals surface area contributed by atoms with Gasteiger partial charge in [-0.25, -0.2) is 0 Å². The van der Waals surface area contributed by atoms with Crippen molar-refractivity contribution in [2.24, 2.45) is 5.10 Å². The normalized spacial score (nSPS) is 16.2. The first kappa shape index (κ1) is 21.8. The molecular weight excluding hydrogens is 418 g/mol. The molecule has 0 radical (unpaired) electrons. The minimum Gasteiger partial charge on any atom is -0.340 e. The van der Waals surface area contributed by atoms with E-state index in [0.29, 0.717) is 5.25 Å². The van der Waals surface area contributed by atoms with Crippen molar-refractivity contribution >= 4 is 46.8 Å². The van der Waals surface area contributed by atoms with E-state index in [-0.39, 0.29) is 0 Å². The van der Waals surface area contributed by atoms with E-state index in [1.807, 2.05) is 43.6 Å². The molecule has 2 aliphatic rings. The van der Waals surface area contributed by atoms with Gasteiger partial charge in [0, 0.05) is 27.3 Å². The quantitative estimate of drug-likeness (QED) is 0.224. The number of para-hydroxylation sites is 2. The first-order valence-corrected chi connectivity index (χ1v) is 12.8. The van der Waals surface area contributed by atoms with Gasteiger partial charge in [-0.05, 0) is 48.9 Å². The number of hydrogen-bond acceptors (Lipinski definition) is 5. The second-order valence-corrected chi connectivity index (χ2v) is 9.58. The molecule has 1 atom stereocenters. The maximum Gasteiger partial charge on any atom is 0.0594 e. The third kappa shape index (κ3) is 5.10. The van der Waals surface area contributed by atoms with Gasteiger partial charge < -0.3 is 4.90 Å². The van der Waals surface area contributed by atoms with Crippen LogP contribution in [0, 0.1) is 0 Å². The molecule has 0 bridgehead atoms. The van der Waals surface area contributed by atoms with Crippen LogP contribution < -0.4 is 9.91 Å². The molecule has 3 nitrogen and oxygen atoms in total. The van der Waals surface area contributed by atoms with Crippen LogP contribution in [0.2, 0.25) is 0 Å². The van der Waals surface area contributed by atoms with Crippen molar-refractivity contribution in [2.45, 2.75) is 35.8 Å². The molecule has 2 aliphatic heterocycles. The molecule has 160 valence electrons. The Kier molecular flexibility index (Phi) is 7.25. The zero-order valence-electron chi connectivity index (χ0n) is 18.4. The summed E-state index contributed by atoms with van der Waals surface area (Å²) in [6.07, 6.45) is 2.00. The van der Waals surface area contributed by atoms with E-state index >= 15 is 0 Å². The molecule has 2 heterocycles. The van der Waals surface area contributed by atoms with Crippen LogP contribution in [0.15, 0.2) is 87.7 Å². The molecule has 31 heavy (non-hydrogen) atoms. The van der Waals surface area contributed by atoms with Crippen LogP contribution >= 0.6 is 23.5 Å². The maximum atomic E-state index is 4.85. The van der Waals surface area contributed by atoms with E-state index in [1.165, 1.54) is 26.9 Å². The lowest BCUT2D eigenvalue weighted by atomic mass is 10.1. The summed E-state index contributed by atoms with van der Waals surface area (Å²) in [5.41, 5.74) is 4.86. The molecule has 0 N–H and O–H groups in total. The molecule has 5 rings (SSSR count). The number of benzene rings is 3. The molecule has 1 saturated heterocycles. The Morgan fingerprint density at radius 3 is 2.42 bits per heavy atom. The molecule has 0 saturated carbocycles. The predicted octanol–water partition coefficient (Wildman–Crippen LogP) is 7.29. The summed E-state index contributed by atoms with van der Waals surface area (Å²) >= 11 is 3.85. The second-order valence-electron chi connectivity index (χ2n) is 7.16. The fourth-order valence-corrected chi connectivity index (χ4v) is 5.23. The van der Waals surface area contributed by atoms with Crippen LogP contribution in [0.1, 0.15) is 26.3 Å². The fourth-order valence-electron chi connectivity index (χ4n) is 3.59. The van der Waals surface area contributed by atoms with Gasteiger partial charge in [-0.1, -0.05) is 62.0 Å². The van der Waals surface area contributed by atoms with E-state index < -0.39 is 0 Å². The van der Waals surface area contributed by atoms with E-state index in [0.717, 1.165) is 24.3 Å². The number of rotatable bonds is 6. The van der Waals surface area contributed by atoms with Crippen molar-refractivity contribution in [3.63, 3.8) is 0 Å². The molecular formula is C26H29N3S2. The summed E-state index contributed by atoms with van der Waals surface area (Å²) in [5, 5.41) is 7.67. The Bertz CT molecular complexity index is 1030. The highest BCUT2D eigenvalue weighted by atomic mass is 32.2. The van der Waals surface area contributed by atoms with Gasteiger partial charge in [0.15, 0.2) is 0 Å². The highest BCUT2D eigenvalue weighted by Gasteiger charge is 2.25. The lowest BCUT2D eigenvalue weighted by molar-refractivity contribution is 0.857. The van der Waals surface area contributed by atoms with Crippen LogP contribution in [-0.4, -0.2) is 30.3 Å². The molecule has 0 spiro atoms. The van der Waals surface area contributed by atoms with Crippen LogP contribution in [0.5, 0.6) is 0 Å². The van der Waals surface area contributed by atoms with Crippen LogP contribution in [0.3, 0.4) is 0 Å². The smallest absolute Gasteiger partial charge is 0.0594 e. The summed E-state index contributed by atoms with van der Waals surface area (Å²) < 4.78 is 0. The minimum absolute atomic E-state index is 0.695. The Morgan fingerprint density at radius 2 is 1.68 bits per heavy atom. The standard InChI is InChI=1S/C24H23N3S2.C2H6/c1-2-26-21-10-6-7-11-23(21)29-24-14-18(12-13-22(24)26)15-25-27(16-20-17-28-20)19-8-4-3-5-9-19;1-2/h3-15,20H,2,16-17H2,1H3;1-2H3. The Hall–Kier alpha value is -2.37. The Labute approximate surface area is 194 Å². The van der Waals surface area contributed by atoms with Crippen LogP contribution in [-0.2, 0) is 0 Å². The van der Waals surface area contributed by atoms with Gasteiger partial charge in [0.1, 0.15) is 0 Å². The van der Waals surface area contributed by atoms with Gasteiger partial charge in [0.2, 0.25) is 0 Å². The molecule has 3 aromatic carbocycles. The Balaban J connectivity index is 0.00000112. The number of hydrogen-bond donors (Lipinski definition) is 0. The summed E-state index contributed by atoms with van der Waals surface area (Å²) in [5.74, 6) is 1.24. The number of fused-ring (bicyclic) bond motifs is 2. The number of hydrazone groups is 1. The monoisotopic (exact) mass is 447 g/mol. The molecule has 0 amide bonds. The van der Waals surface area contributed by atoms with Crippen molar-refractivity contribution in [1.29, 1.82) is 0 Å². The van der Waals surface area contributed by atoms with Crippen molar-refractivity contribution in [1.82, 2.24) is 0 Å². The number of nitrogens with zero attached hydrogens (tertiary/aromatic N) is 3. The van der Waals surface area contributed by atoms with Gasteiger partial charge >= 0.3 is 0 Å². The first-order chi connectivity index (χ1) is 15.3. The van der Waals surface area contributed by atoms with E-state index in [1.54, 1.807) is 0 Å². The van der Waals surface area contributed by atoms with Crippen LogP contribution in [0.4, 0.5) is 17.1 Å². The zero-order valence-corrected chi connectivity index (χ0v) is 20.0. The maximum absolute atomic E-state index is 4.85. The highest BCUT2D eigenvalue weighted by molar-refractivity contribution is 8.06. The van der Waals surface area contributed by atoms with Crippen molar-refractivity contribution in [3.05, 3.63) is 78.4 Å². The third-order valence-electron chi connectivity index (χ3n) is 5.15. The Morgan fingerprint density at radius 1 is 0.968 bits per heavy atom. The molecule has 0 aromatic heterocycles. The SMILES string of the molecule is CC.CCN1c2ccccc2Sc2cc(C=NN(CC3CS3)c3ccccc3)ccc21. The number of anilines is 3. The first-order valence-electron chi connectivity index (χ1n) is 11.0. The number of thioether (sulfide) groups is 1. The average molecular weight is 448 g/mol. The molecule has 1 unspecified atom stereocenters. The highest BCUT2D eigenvalue weighted by Crippen LogP contribution is 2.48. The summed E-state index contributed by atoms with van der Waals surface area (Å²) in [7, 11) is 0. The van der Waals surface area contributed by atoms with E-state index in [4.69, 9.17) is 5.10 Å². The fraction of sp³-hybridized carbons (Fsp3) is 0.269. The average Bonchev–Trinajstić information content (AvgIpc) is 3.66. The van der Waals surface area contributed by atoms with Crippen molar-refractivity contribution in [3.8, 4) is 0 Å². The summed E-state index contributed by atoms with van der Waals surface area (Å²) in [6.45, 7) is 8.13. The van der Waals surface area contributed by atoms with Crippen molar-refractivity contribution < 1.29 is 0 Å². The largest absolute Gasteiger partial charge is 0.340 e. The van der Waals surface area contributed by atoms with Gasteiger partial charge in [0.25, 0.3) is 0 Å². The van der Waals surface area contributed by atoms with Gasteiger partial charge in [-0.15, -0.1) is 0 Å². The summed E-state index contributed by atoms with van der Waals surface area (Å²) in [6, 6.07) is 25.8. The molecule has 5 heteroatoms. The third-order valence-corrected chi connectivity index (χ3v) is 7.21. The molecule has 3 aromatic rings. The minimum atomic E-state index is 0.695. The topological polar surface area (TPSA) is 18.8 Å². The molecule has 1 fully saturated rings. The summed E-state index contributed by atoms with van der Waals surface area (Å²) in [4.78, 5) is 4.99. The second kappa shape index (κ2) is 10.3. The van der Waals surface area contributed by atoms with Gasteiger partial charge in [0.05, 0.1) is 29.8 Å². The van der Waals surface area contributed by atoms with Gasteiger partial charge in [-0.2, -0.15) is 16.9 Å². The lowest BCUT2D eigenvalue weighted by Crippen LogP contribution is -2.21. The van der Waals surface area contributed by atoms with Crippen molar-refractivity contribution in [2.75, 3.05) is 28.8 Å². The van der Waals surface area contributed by atoms with Crippen LogP contribution in [0.25, 0.3) is 0 Å². The van der Waals surface area contributed by atoms with E-state index in [9.17, 15) is 0 Å². The zero-order chi connectivity index (χ0) is 21.6. The van der Waals surface area contributed by atoms with Gasteiger partial charge in [-0.3, -0.25) is 5.01 Å². The predicted molar refractivity (Wildman–Crippen MR) is 139 cm³/mol. The van der Waals surface area contributed by atoms with E-state index in [2.05, 4.69) is 89.6 Å².